The molecule has 0 aliphatic heterocycles. The van der Waals surface area contributed by atoms with E-state index in [4.69, 9.17) is 0 Å². The van der Waals surface area contributed by atoms with Crippen LogP contribution in [0, 0.1) is 0 Å². The SMILES string of the molecule is CCCn1nc(C(=O)Nc2ccccc2C(=O)NCc2ccccc2)ccc1=O. The highest BCUT2D eigenvalue weighted by molar-refractivity contribution is 6.08. The molecule has 0 aliphatic carbocycles. The van der Waals surface area contributed by atoms with Gasteiger partial charge in [0.15, 0.2) is 0 Å². The van der Waals surface area contributed by atoms with Gasteiger partial charge in [-0.3, -0.25) is 14.4 Å². The Morgan fingerprint density at radius 3 is 2.41 bits per heavy atom. The van der Waals surface area contributed by atoms with Gasteiger partial charge in [-0.1, -0.05) is 49.4 Å². The highest BCUT2D eigenvalue weighted by Gasteiger charge is 2.15. The van der Waals surface area contributed by atoms with Crippen molar-refractivity contribution in [2.24, 2.45) is 0 Å². The van der Waals surface area contributed by atoms with E-state index in [1.54, 1.807) is 24.3 Å². The van der Waals surface area contributed by atoms with Crippen molar-refractivity contribution >= 4 is 17.5 Å². The van der Waals surface area contributed by atoms with Gasteiger partial charge in [-0.25, -0.2) is 4.68 Å². The molecule has 0 bridgehead atoms. The smallest absolute Gasteiger partial charge is 0.276 e. The molecule has 0 saturated carbocycles. The summed E-state index contributed by atoms with van der Waals surface area (Å²) in [6, 6.07) is 19.0. The third-order valence-electron chi connectivity index (χ3n) is 4.25. The quantitative estimate of drug-likeness (QED) is 0.649. The zero-order valence-electron chi connectivity index (χ0n) is 16.1. The average molecular weight is 390 g/mol. The summed E-state index contributed by atoms with van der Waals surface area (Å²) in [5.41, 5.74) is 1.54. The minimum Gasteiger partial charge on any atom is -0.348 e. The number of rotatable bonds is 7. The van der Waals surface area contributed by atoms with Gasteiger partial charge in [0.05, 0.1) is 11.3 Å². The number of anilines is 1. The maximum atomic E-state index is 12.6. The maximum Gasteiger partial charge on any atom is 0.276 e. The molecule has 0 fully saturated rings. The first-order valence-electron chi connectivity index (χ1n) is 9.39. The number of aryl methyl sites for hydroxylation is 1. The first-order valence-corrected chi connectivity index (χ1v) is 9.39. The van der Waals surface area contributed by atoms with Crippen LogP contribution in [-0.2, 0) is 13.1 Å². The largest absolute Gasteiger partial charge is 0.348 e. The summed E-state index contributed by atoms with van der Waals surface area (Å²) in [6.07, 6.45) is 0.725. The lowest BCUT2D eigenvalue weighted by atomic mass is 10.1. The third kappa shape index (κ3) is 5.16. The molecular formula is C22H22N4O3. The Balaban J connectivity index is 1.75. The summed E-state index contributed by atoms with van der Waals surface area (Å²) in [5, 5.41) is 9.67. The van der Waals surface area contributed by atoms with E-state index < -0.39 is 5.91 Å². The second-order valence-electron chi connectivity index (χ2n) is 6.45. The van der Waals surface area contributed by atoms with Crippen molar-refractivity contribution in [3.8, 4) is 0 Å². The summed E-state index contributed by atoms with van der Waals surface area (Å²) < 4.78 is 1.26. The zero-order valence-corrected chi connectivity index (χ0v) is 16.1. The van der Waals surface area contributed by atoms with Gasteiger partial charge in [0, 0.05) is 19.2 Å². The van der Waals surface area contributed by atoms with Crippen molar-refractivity contribution in [2.45, 2.75) is 26.4 Å². The molecular weight excluding hydrogens is 368 g/mol. The van der Waals surface area contributed by atoms with E-state index in [1.165, 1.54) is 16.8 Å². The van der Waals surface area contributed by atoms with Crippen LogP contribution in [0.4, 0.5) is 5.69 Å². The molecule has 2 amide bonds. The third-order valence-corrected chi connectivity index (χ3v) is 4.25. The van der Waals surface area contributed by atoms with Crippen LogP contribution in [-0.4, -0.2) is 21.6 Å². The topological polar surface area (TPSA) is 93.1 Å². The van der Waals surface area contributed by atoms with Crippen LogP contribution in [0.25, 0.3) is 0 Å². The highest BCUT2D eigenvalue weighted by Crippen LogP contribution is 2.16. The van der Waals surface area contributed by atoms with Gasteiger partial charge in [-0.05, 0) is 30.2 Å². The normalized spacial score (nSPS) is 10.4. The number of aromatic nitrogens is 2. The Morgan fingerprint density at radius 1 is 0.931 bits per heavy atom. The lowest BCUT2D eigenvalue weighted by molar-refractivity contribution is 0.0952. The van der Waals surface area contributed by atoms with Crippen molar-refractivity contribution in [3.05, 3.63) is 93.9 Å². The molecule has 0 saturated heterocycles. The molecule has 0 unspecified atom stereocenters. The van der Waals surface area contributed by atoms with Crippen LogP contribution in [0.2, 0.25) is 0 Å². The molecule has 0 radical (unpaired) electrons. The molecule has 0 aliphatic rings. The van der Waals surface area contributed by atoms with Crippen LogP contribution < -0.4 is 16.2 Å². The number of para-hydroxylation sites is 1. The second-order valence-corrected chi connectivity index (χ2v) is 6.45. The van der Waals surface area contributed by atoms with Gasteiger partial charge in [0.25, 0.3) is 17.4 Å². The van der Waals surface area contributed by atoms with Crippen LogP contribution in [0.5, 0.6) is 0 Å². The van der Waals surface area contributed by atoms with E-state index in [1.807, 2.05) is 37.3 Å². The van der Waals surface area contributed by atoms with Crippen molar-refractivity contribution in [1.29, 1.82) is 0 Å². The zero-order chi connectivity index (χ0) is 20.6. The summed E-state index contributed by atoms with van der Waals surface area (Å²) in [7, 11) is 0. The Labute approximate surface area is 168 Å². The standard InChI is InChI=1S/C22H22N4O3/c1-2-14-26-20(27)13-12-19(25-26)22(29)24-18-11-7-6-10-17(18)21(28)23-15-16-8-4-3-5-9-16/h3-13H,2,14-15H2,1H3,(H,23,28)(H,24,29). The second kappa shape index (κ2) is 9.45. The number of benzene rings is 2. The van der Waals surface area contributed by atoms with Crippen LogP contribution >= 0.6 is 0 Å². The summed E-state index contributed by atoms with van der Waals surface area (Å²) in [4.78, 5) is 37.0. The van der Waals surface area contributed by atoms with Crippen molar-refractivity contribution in [3.63, 3.8) is 0 Å². The molecule has 1 heterocycles. The van der Waals surface area contributed by atoms with E-state index in [0.29, 0.717) is 24.3 Å². The Morgan fingerprint density at radius 2 is 1.66 bits per heavy atom. The number of carbonyl (C=O) groups is 2. The minimum absolute atomic E-state index is 0.109. The fraction of sp³-hybridized carbons (Fsp3) is 0.182. The first-order chi connectivity index (χ1) is 14.1. The molecule has 2 aromatic carbocycles. The van der Waals surface area contributed by atoms with Gasteiger partial charge in [0.2, 0.25) is 0 Å². The average Bonchev–Trinajstić information content (AvgIpc) is 2.75. The van der Waals surface area contributed by atoms with Crippen LogP contribution in [0.15, 0.2) is 71.5 Å². The molecule has 1 aromatic heterocycles. The van der Waals surface area contributed by atoms with Crippen molar-refractivity contribution in [2.75, 3.05) is 5.32 Å². The van der Waals surface area contributed by atoms with E-state index >= 15 is 0 Å². The van der Waals surface area contributed by atoms with Crippen molar-refractivity contribution in [1.82, 2.24) is 15.1 Å². The predicted octanol–water partition coefficient (Wildman–Crippen LogP) is 2.84. The molecule has 3 aromatic rings. The number of nitrogens with zero attached hydrogens (tertiary/aromatic N) is 2. The Bertz CT molecular complexity index is 1060. The van der Waals surface area contributed by atoms with Gasteiger partial charge in [0.1, 0.15) is 5.69 Å². The fourth-order valence-corrected chi connectivity index (χ4v) is 2.79. The number of amides is 2. The predicted molar refractivity (Wildman–Crippen MR) is 111 cm³/mol. The van der Waals surface area contributed by atoms with Gasteiger partial charge >= 0.3 is 0 Å². The molecule has 3 rings (SSSR count). The maximum absolute atomic E-state index is 12.6. The Hall–Kier alpha value is -3.74. The number of hydrogen-bond donors (Lipinski definition) is 2. The summed E-state index contributed by atoms with van der Waals surface area (Å²) in [6.45, 7) is 2.73. The monoisotopic (exact) mass is 390 g/mol. The molecule has 29 heavy (non-hydrogen) atoms. The molecule has 0 spiro atoms. The fourth-order valence-electron chi connectivity index (χ4n) is 2.79. The van der Waals surface area contributed by atoms with E-state index in [0.717, 1.165) is 12.0 Å². The number of nitrogens with one attached hydrogen (secondary N) is 2. The van der Waals surface area contributed by atoms with Gasteiger partial charge in [-0.15, -0.1) is 0 Å². The highest BCUT2D eigenvalue weighted by atomic mass is 16.2. The molecule has 2 N–H and O–H groups in total. The molecule has 7 nitrogen and oxygen atoms in total. The lowest BCUT2D eigenvalue weighted by Crippen LogP contribution is -2.27. The van der Waals surface area contributed by atoms with E-state index in [9.17, 15) is 14.4 Å². The number of hydrogen-bond acceptors (Lipinski definition) is 4. The van der Waals surface area contributed by atoms with Crippen LogP contribution in [0.3, 0.4) is 0 Å². The lowest BCUT2D eigenvalue weighted by Gasteiger charge is -2.12. The molecule has 0 atom stereocenters. The first kappa shape index (κ1) is 20.0. The summed E-state index contributed by atoms with van der Waals surface area (Å²) in [5.74, 6) is -0.785. The summed E-state index contributed by atoms with van der Waals surface area (Å²) >= 11 is 0. The molecule has 148 valence electrons. The van der Waals surface area contributed by atoms with E-state index in [2.05, 4.69) is 15.7 Å². The van der Waals surface area contributed by atoms with Crippen LogP contribution in [0.1, 0.15) is 39.8 Å². The van der Waals surface area contributed by atoms with Gasteiger partial charge < -0.3 is 10.6 Å². The minimum atomic E-state index is -0.488. The van der Waals surface area contributed by atoms with E-state index in [-0.39, 0.29) is 17.2 Å². The Kier molecular flexibility index (Phi) is 6.52. The number of carbonyl (C=O) groups excluding carboxylic acids is 2. The van der Waals surface area contributed by atoms with Gasteiger partial charge in [-0.2, -0.15) is 5.10 Å². The van der Waals surface area contributed by atoms with Crippen molar-refractivity contribution < 1.29 is 9.59 Å². The molecule has 7 heteroatoms.